The number of amides is 1. The number of hydrogen-bond donors (Lipinski definition) is 3. The quantitative estimate of drug-likeness (QED) is 0.395. The number of hydroxylamine groups is 1. The van der Waals surface area contributed by atoms with Crippen LogP contribution in [0.4, 0.5) is 4.39 Å². The van der Waals surface area contributed by atoms with Crippen molar-refractivity contribution in [2.24, 2.45) is 11.1 Å². The predicted molar refractivity (Wildman–Crippen MR) is 120 cm³/mol. The molecular formula is C23H28FN5O5. The Morgan fingerprint density at radius 1 is 1.24 bits per heavy atom. The first kappa shape index (κ1) is 24.0. The number of methoxy groups -OCH3 is 1. The van der Waals surface area contributed by atoms with Crippen molar-refractivity contribution in [3.05, 3.63) is 52.9 Å². The van der Waals surface area contributed by atoms with Crippen LogP contribution in [0.3, 0.4) is 0 Å². The molecule has 1 atom stereocenters. The maximum atomic E-state index is 13.6. The summed E-state index contributed by atoms with van der Waals surface area (Å²) in [5.74, 6) is 0.0786. The molecule has 1 aliphatic carbocycles. The maximum Gasteiger partial charge on any atom is 0.270 e. The van der Waals surface area contributed by atoms with Crippen molar-refractivity contribution in [1.29, 1.82) is 0 Å². The van der Waals surface area contributed by atoms with Crippen molar-refractivity contribution >= 4 is 11.6 Å². The maximum absolute atomic E-state index is 13.6. The Kier molecular flexibility index (Phi) is 7.66. The molecule has 2 aromatic rings. The van der Waals surface area contributed by atoms with E-state index < -0.39 is 5.82 Å². The molecule has 1 aromatic carbocycles. The van der Waals surface area contributed by atoms with Gasteiger partial charge in [0.15, 0.2) is 11.6 Å². The van der Waals surface area contributed by atoms with Crippen LogP contribution in [0.1, 0.15) is 59.7 Å². The third-order valence-corrected chi connectivity index (χ3v) is 6.24. The van der Waals surface area contributed by atoms with Gasteiger partial charge < -0.3 is 14.9 Å². The second kappa shape index (κ2) is 10.9. The van der Waals surface area contributed by atoms with Crippen molar-refractivity contribution in [1.82, 2.24) is 20.8 Å². The summed E-state index contributed by atoms with van der Waals surface area (Å²) in [5.41, 5.74) is 4.76. The molecule has 1 fully saturated rings. The van der Waals surface area contributed by atoms with E-state index in [1.165, 1.54) is 19.2 Å². The fourth-order valence-corrected chi connectivity index (χ4v) is 4.40. The number of carbonyl (C=O) groups is 1. The molecule has 1 aliphatic heterocycles. The first-order valence-corrected chi connectivity index (χ1v) is 11.2. The molecule has 11 heteroatoms. The van der Waals surface area contributed by atoms with Crippen molar-refractivity contribution in [3.63, 3.8) is 0 Å². The Labute approximate surface area is 196 Å². The number of aromatic nitrogens is 2. The molecular weight excluding hydrogens is 445 g/mol. The van der Waals surface area contributed by atoms with Crippen molar-refractivity contribution < 1.29 is 29.0 Å². The number of hydrogen-bond acceptors (Lipinski definition) is 9. The Hall–Kier alpha value is -3.15. The van der Waals surface area contributed by atoms with Crippen LogP contribution in [0, 0.1) is 18.7 Å². The summed E-state index contributed by atoms with van der Waals surface area (Å²) in [7, 11) is 1.39. The molecule has 34 heavy (non-hydrogen) atoms. The Balaban J connectivity index is 1.37. The number of benzene rings is 1. The molecule has 0 radical (unpaired) electrons. The van der Waals surface area contributed by atoms with Gasteiger partial charge in [-0.15, -0.1) is 4.99 Å². The van der Waals surface area contributed by atoms with Crippen LogP contribution in [0.2, 0.25) is 0 Å². The molecule has 0 spiro atoms. The average Bonchev–Trinajstić information content (AvgIpc) is 3.34. The largest absolute Gasteiger partial charge is 0.494 e. The molecule has 1 aromatic heterocycles. The molecule has 10 nitrogen and oxygen atoms in total. The topological polar surface area (TPSA) is 127 Å². The van der Waals surface area contributed by atoms with E-state index in [0.29, 0.717) is 35.1 Å². The summed E-state index contributed by atoms with van der Waals surface area (Å²) in [4.78, 5) is 31.2. The lowest BCUT2D eigenvalue weighted by molar-refractivity contribution is -0.301. The van der Waals surface area contributed by atoms with Gasteiger partial charge in [0.25, 0.3) is 5.91 Å². The highest BCUT2D eigenvalue weighted by molar-refractivity contribution is 6.01. The predicted octanol–water partition coefficient (Wildman–Crippen LogP) is 2.91. The molecule has 4 rings (SSSR count). The highest BCUT2D eigenvalue weighted by Gasteiger charge is 2.34. The van der Waals surface area contributed by atoms with Gasteiger partial charge in [0.05, 0.1) is 12.8 Å². The second-order valence-corrected chi connectivity index (χ2v) is 8.54. The number of nitrogens with one attached hydrogen (secondary N) is 2. The van der Waals surface area contributed by atoms with Gasteiger partial charge in [-0.05, 0) is 62.3 Å². The Bertz CT molecular complexity index is 1060. The second-order valence-electron chi connectivity index (χ2n) is 8.54. The first-order valence-electron chi connectivity index (χ1n) is 11.2. The number of oxime groups is 1. The number of carbonyl (C=O) groups excluding carboxylic acids is 1. The molecule has 0 saturated heterocycles. The van der Waals surface area contributed by atoms with Gasteiger partial charge >= 0.3 is 0 Å². The molecule has 2 heterocycles. The number of rotatable bonds is 8. The lowest BCUT2D eigenvalue weighted by Gasteiger charge is -2.30. The molecule has 1 unspecified atom stereocenters. The van der Waals surface area contributed by atoms with Crippen molar-refractivity contribution in [2.45, 2.75) is 57.7 Å². The fourth-order valence-electron chi connectivity index (χ4n) is 4.40. The van der Waals surface area contributed by atoms with Gasteiger partial charge in [-0.3, -0.25) is 4.79 Å². The smallest absolute Gasteiger partial charge is 0.270 e. The number of halogens is 1. The van der Waals surface area contributed by atoms with E-state index in [2.05, 4.69) is 30.9 Å². The molecule has 2 aliphatic rings. The SMILES string of the molecule is COc1cc(CNC(=O)c2cc(C3=NOC([C@H]4CC[C@H](NOO)CC4)C3)nc(C)n2)ccc1F. The third kappa shape index (κ3) is 5.66. The summed E-state index contributed by atoms with van der Waals surface area (Å²) in [6, 6.07) is 6.16. The van der Waals surface area contributed by atoms with E-state index in [1.54, 1.807) is 19.1 Å². The minimum atomic E-state index is -0.463. The van der Waals surface area contributed by atoms with Crippen LogP contribution in [0.15, 0.2) is 29.4 Å². The average molecular weight is 474 g/mol. The first-order chi connectivity index (χ1) is 16.5. The zero-order valence-electron chi connectivity index (χ0n) is 19.1. The number of nitrogens with zero attached hydrogens (tertiary/aromatic N) is 3. The Morgan fingerprint density at radius 2 is 2.03 bits per heavy atom. The minimum Gasteiger partial charge on any atom is -0.494 e. The van der Waals surface area contributed by atoms with Crippen LogP contribution in [0.5, 0.6) is 5.75 Å². The monoisotopic (exact) mass is 473 g/mol. The van der Waals surface area contributed by atoms with E-state index in [9.17, 15) is 9.18 Å². The normalized spacial score (nSPS) is 22.1. The summed E-state index contributed by atoms with van der Waals surface area (Å²) in [5, 5.41) is 15.6. The summed E-state index contributed by atoms with van der Waals surface area (Å²) in [6.45, 7) is 1.91. The van der Waals surface area contributed by atoms with E-state index in [4.69, 9.17) is 14.8 Å². The van der Waals surface area contributed by atoms with Crippen molar-refractivity contribution in [2.75, 3.05) is 7.11 Å². The van der Waals surface area contributed by atoms with E-state index in [0.717, 1.165) is 25.7 Å². The van der Waals surface area contributed by atoms with Gasteiger partial charge in [-0.25, -0.2) is 19.6 Å². The van der Waals surface area contributed by atoms with E-state index in [1.807, 2.05) is 0 Å². The Morgan fingerprint density at radius 3 is 2.76 bits per heavy atom. The summed E-state index contributed by atoms with van der Waals surface area (Å²) >= 11 is 0. The van der Waals surface area contributed by atoms with Gasteiger partial charge in [0, 0.05) is 19.0 Å². The third-order valence-electron chi connectivity index (χ3n) is 6.24. The van der Waals surface area contributed by atoms with Crippen molar-refractivity contribution in [3.8, 4) is 5.75 Å². The summed E-state index contributed by atoms with van der Waals surface area (Å²) < 4.78 is 18.6. The lowest BCUT2D eigenvalue weighted by Crippen LogP contribution is -2.35. The zero-order valence-corrected chi connectivity index (χ0v) is 19.1. The minimum absolute atomic E-state index is 0.0491. The highest BCUT2D eigenvalue weighted by atomic mass is 19.1. The van der Waals surface area contributed by atoms with Gasteiger partial charge in [0.1, 0.15) is 23.3 Å². The van der Waals surface area contributed by atoms with Crippen LogP contribution in [-0.2, 0) is 16.4 Å². The number of ether oxygens (including phenoxy) is 1. The zero-order chi connectivity index (χ0) is 24.1. The molecule has 3 N–H and O–H groups in total. The van der Waals surface area contributed by atoms with Crippen LogP contribution < -0.4 is 15.5 Å². The van der Waals surface area contributed by atoms with Gasteiger partial charge in [-0.2, -0.15) is 5.48 Å². The number of aryl methyl sites for hydroxylation is 1. The summed E-state index contributed by atoms with van der Waals surface area (Å²) in [6.07, 6.45) is 4.16. The highest BCUT2D eigenvalue weighted by Crippen LogP contribution is 2.33. The van der Waals surface area contributed by atoms with Crippen LogP contribution in [0.25, 0.3) is 0 Å². The van der Waals surface area contributed by atoms with Gasteiger partial charge in [-0.1, -0.05) is 11.2 Å². The molecule has 0 bridgehead atoms. The van der Waals surface area contributed by atoms with E-state index >= 15 is 0 Å². The molecule has 1 saturated carbocycles. The van der Waals surface area contributed by atoms with E-state index in [-0.39, 0.29) is 36.0 Å². The standard InChI is InChI=1S/C23H28FN5O5/c1-13-26-18(19-11-21(33-29-19)15-4-6-16(7-5-15)28-34-31)10-20(27-13)23(30)25-12-14-3-8-17(24)22(9-14)32-2/h3,8-10,15-16,21,28,31H,4-7,11-12H2,1-2H3,(H,25,30)/t15-,16-,21?. The van der Waals surface area contributed by atoms with Crippen LogP contribution >= 0.6 is 0 Å². The molecule has 1 amide bonds. The lowest BCUT2D eigenvalue weighted by atomic mass is 9.81. The molecule has 182 valence electrons. The van der Waals surface area contributed by atoms with Crippen LogP contribution in [-0.4, -0.2) is 46.1 Å². The fraction of sp³-hybridized carbons (Fsp3) is 0.478. The van der Waals surface area contributed by atoms with Gasteiger partial charge in [0.2, 0.25) is 0 Å².